The van der Waals surface area contributed by atoms with E-state index < -0.39 is 35.8 Å². The number of thioether (sulfide) groups is 1. The largest absolute Gasteiger partial charge is 0.444 e. The number of fused-ring (bicyclic) bond motifs is 1. The maximum absolute atomic E-state index is 14.3. The number of hydrogen-bond donors (Lipinski definition) is 2. The van der Waals surface area contributed by atoms with Gasteiger partial charge in [0.05, 0.1) is 16.3 Å². The Morgan fingerprint density at radius 2 is 1.74 bits per heavy atom. The molecule has 0 saturated heterocycles. The van der Waals surface area contributed by atoms with Gasteiger partial charge in [-0.05, 0) is 100 Å². The quantitative estimate of drug-likeness (QED) is 0.229. The van der Waals surface area contributed by atoms with Crippen LogP contribution in [-0.2, 0) is 20.7 Å². The van der Waals surface area contributed by atoms with E-state index in [4.69, 9.17) is 21.1 Å². The first kappa shape index (κ1) is 34.8. The SMILES string of the molecule is CSCC[C@H](NC(=O)OC(C)(C)C)C(=O)OC1CCCc2ccccc2N1C(=O)c1ccc(NC(=O)c2ccccc2C)cc1Cl. The van der Waals surface area contributed by atoms with Gasteiger partial charge in [0.15, 0.2) is 6.23 Å². The predicted octanol–water partition coefficient (Wildman–Crippen LogP) is 7.40. The number of carbonyl (C=O) groups excluding carboxylic acids is 4. The summed E-state index contributed by atoms with van der Waals surface area (Å²) in [5.41, 5.74) is 2.76. The van der Waals surface area contributed by atoms with Gasteiger partial charge in [-0.25, -0.2) is 9.59 Å². The maximum Gasteiger partial charge on any atom is 0.408 e. The fourth-order valence-electron chi connectivity index (χ4n) is 5.13. The third-order valence-corrected chi connectivity index (χ3v) is 8.30. The van der Waals surface area contributed by atoms with Crippen molar-refractivity contribution in [1.29, 1.82) is 0 Å². The highest BCUT2D eigenvalue weighted by atomic mass is 35.5. The Morgan fingerprint density at radius 1 is 1.02 bits per heavy atom. The lowest BCUT2D eigenvalue weighted by Crippen LogP contribution is -2.49. The molecule has 0 radical (unpaired) electrons. The molecule has 9 nitrogen and oxygen atoms in total. The van der Waals surface area contributed by atoms with Gasteiger partial charge in [0.2, 0.25) is 0 Å². The number of nitrogens with one attached hydrogen (secondary N) is 2. The molecule has 3 amide bonds. The van der Waals surface area contributed by atoms with Gasteiger partial charge in [0.1, 0.15) is 11.6 Å². The average molecular weight is 666 g/mol. The van der Waals surface area contributed by atoms with Gasteiger partial charge in [0, 0.05) is 17.7 Å². The van der Waals surface area contributed by atoms with Gasteiger partial charge in [-0.2, -0.15) is 11.8 Å². The minimum atomic E-state index is -0.975. The fourth-order valence-corrected chi connectivity index (χ4v) is 5.87. The number of halogens is 1. The van der Waals surface area contributed by atoms with Crippen LogP contribution in [0, 0.1) is 6.92 Å². The van der Waals surface area contributed by atoms with Crippen molar-refractivity contribution in [3.05, 3.63) is 94.0 Å². The fraction of sp³-hybridized carbons (Fsp3) is 0.371. The second-order valence-corrected chi connectivity index (χ2v) is 13.4. The average Bonchev–Trinajstić information content (AvgIpc) is 3.17. The maximum atomic E-state index is 14.3. The van der Waals surface area contributed by atoms with Crippen molar-refractivity contribution in [3.63, 3.8) is 0 Å². The molecule has 0 aliphatic carbocycles. The van der Waals surface area contributed by atoms with Crippen LogP contribution >= 0.6 is 23.4 Å². The summed E-state index contributed by atoms with van der Waals surface area (Å²) in [7, 11) is 0. The third-order valence-electron chi connectivity index (χ3n) is 7.34. The lowest BCUT2D eigenvalue weighted by Gasteiger charge is -2.32. The molecule has 0 aromatic heterocycles. The molecule has 3 aromatic carbocycles. The van der Waals surface area contributed by atoms with Crippen LogP contribution in [0.4, 0.5) is 16.2 Å². The molecule has 1 unspecified atom stereocenters. The number of ether oxygens (including phenoxy) is 2. The number of benzene rings is 3. The lowest BCUT2D eigenvalue weighted by atomic mass is 10.1. The van der Waals surface area contributed by atoms with E-state index in [1.807, 2.05) is 49.6 Å². The van der Waals surface area contributed by atoms with Crippen LogP contribution in [0.3, 0.4) is 0 Å². The molecule has 4 rings (SSSR count). The second-order valence-electron chi connectivity index (χ2n) is 12.0. The molecule has 2 N–H and O–H groups in total. The molecule has 1 aliphatic heterocycles. The highest BCUT2D eigenvalue weighted by Gasteiger charge is 2.36. The van der Waals surface area contributed by atoms with E-state index in [2.05, 4.69) is 10.6 Å². The summed E-state index contributed by atoms with van der Waals surface area (Å²) in [6.45, 7) is 7.07. The molecule has 3 aromatic rings. The summed E-state index contributed by atoms with van der Waals surface area (Å²) in [6.07, 6.45) is 2.24. The second kappa shape index (κ2) is 15.5. The van der Waals surface area contributed by atoms with Gasteiger partial charge in [-0.15, -0.1) is 0 Å². The smallest absolute Gasteiger partial charge is 0.408 e. The number of amides is 3. The predicted molar refractivity (Wildman–Crippen MR) is 183 cm³/mol. The highest BCUT2D eigenvalue weighted by Crippen LogP contribution is 2.34. The minimum absolute atomic E-state index is 0.129. The van der Waals surface area contributed by atoms with Crippen LogP contribution in [0.5, 0.6) is 0 Å². The highest BCUT2D eigenvalue weighted by molar-refractivity contribution is 7.98. The Labute approximate surface area is 279 Å². The van der Waals surface area contributed by atoms with E-state index in [0.717, 1.165) is 11.1 Å². The summed E-state index contributed by atoms with van der Waals surface area (Å²) in [4.78, 5) is 54.8. The molecule has 0 bridgehead atoms. The number of nitrogens with zero attached hydrogens (tertiary/aromatic N) is 1. The van der Waals surface area contributed by atoms with Crippen molar-refractivity contribution in [1.82, 2.24) is 5.32 Å². The number of para-hydroxylation sites is 1. The van der Waals surface area contributed by atoms with Crippen LogP contribution in [0.1, 0.15) is 71.9 Å². The van der Waals surface area contributed by atoms with Crippen molar-refractivity contribution in [3.8, 4) is 0 Å². The zero-order valence-corrected chi connectivity index (χ0v) is 28.3. The normalized spacial score (nSPS) is 15.2. The molecule has 0 saturated carbocycles. The summed E-state index contributed by atoms with van der Waals surface area (Å²) < 4.78 is 11.4. The molecular formula is C35H40ClN3O6S. The van der Waals surface area contributed by atoms with E-state index in [-0.39, 0.29) is 16.5 Å². The van der Waals surface area contributed by atoms with Crippen LogP contribution < -0.4 is 15.5 Å². The number of esters is 1. The van der Waals surface area contributed by atoms with Crippen LogP contribution in [0.15, 0.2) is 66.7 Å². The number of hydrogen-bond acceptors (Lipinski definition) is 7. The van der Waals surface area contributed by atoms with E-state index in [0.29, 0.717) is 48.4 Å². The van der Waals surface area contributed by atoms with Gasteiger partial charge in [0.25, 0.3) is 11.8 Å². The molecule has 1 aliphatic rings. The van der Waals surface area contributed by atoms with Crippen molar-refractivity contribution >= 4 is 58.6 Å². The third kappa shape index (κ3) is 9.04. The van der Waals surface area contributed by atoms with Gasteiger partial charge in [-0.3, -0.25) is 14.5 Å². The van der Waals surface area contributed by atoms with Crippen LogP contribution in [-0.4, -0.2) is 53.8 Å². The minimum Gasteiger partial charge on any atom is -0.444 e. The molecule has 0 spiro atoms. The Balaban J connectivity index is 1.61. The summed E-state index contributed by atoms with van der Waals surface area (Å²) in [6, 6.07) is 18.4. The van der Waals surface area contributed by atoms with Crippen LogP contribution in [0.2, 0.25) is 5.02 Å². The van der Waals surface area contributed by atoms with Crippen molar-refractivity contribution in [2.24, 2.45) is 0 Å². The molecule has 2 atom stereocenters. The molecule has 1 heterocycles. The summed E-state index contributed by atoms with van der Waals surface area (Å²) in [5, 5.41) is 5.62. The Kier molecular flexibility index (Phi) is 11.8. The van der Waals surface area contributed by atoms with E-state index in [1.165, 1.54) is 22.7 Å². The Hall–Kier alpha value is -4.02. The number of aryl methyl sites for hydroxylation is 2. The number of rotatable bonds is 9. The van der Waals surface area contributed by atoms with Crippen LogP contribution in [0.25, 0.3) is 0 Å². The van der Waals surface area contributed by atoms with Gasteiger partial charge in [-0.1, -0.05) is 48.0 Å². The molecule has 244 valence electrons. The Bertz CT molecular complexity index is 1590. The van der Waals surface area contributed by atoms with Crippen molar-refractivity contribution in [2.45, 2.75) is 71.2 Å². The van der Waals surface area contributed by atoms with Gasteiger partial charge < -0.3 is 20.1 Å². The first-order valence-corrected chi connectivity index (χ1v) is 16.9. The van der Waals surface area contributed by atoms with Crippen molar-refractivity contribution < 1.29 is 28.7 Å². The molecular weight excluding hydrogens is 626 g/mol. The lowest BCUT2D eigenvalue weighted by molar-refractivity contribution is -0.151. The zero-order valence-electron chi connectivity index (χ0n) is 26.7. The first-order valence-electron chi connectivity index (χ1n) is 15.1. The molecule has 0 fully saturated rings. The number of alkyl carbamates (subject to hydrolysis) is 1. The zero-order chi connectivity index (χ0) is 33.4. The van der Waals surface area contributed by atoms with E-state index >= 15 is 0 Å². The topological polar surface area (TPSA) is 114 Å². The summed E-state index contributed by atoms with van der Waals surface area (Å²) >= 11 is 8.20. The number of carbonyl (C=O) groups is 4. The van der Waals surface area contributed by atoms with E-state index in [1.54, 1.807) is 45.0 Å². The van der Waals surface area contributed by atoms with Gasteiger partial charge >= 0.3 is 12.1 Å². The molecule has 46 heavy (non-hydrogen) atoms. The summed E-state index contributed by atoms with van der Waals surface area (Å²) in [5.74, 6) is -0.830. The van der Waals surface area contributed by atoms with E-state index in [9.17, 15) is 19.2 Å². The number of anilines is 2. The van der Waals surface area contributed by atoms with Crippen molar-refractivity contribution in [2.75, 3.05) is 22.2 Å². The standard InChI is InChI=1S/C35H40ClN3O6S/c1-22-11-6-8-14-25(22)31(40)37-24-17-18-26(27(36)21-24)32(41)39-29-15-9-7-12-23(29)13-10-16-30(39)44-33(42)28(19-20-46-5)38-34(43)45-35(2,3)4/h6-9,11-12,14-15,17-18,21,28,30H,10,13,16,19-20H2,1-5H3,(H,37,40)(H,38,43)/t28-,30?/m0/s1. The Morgan fingerprint density at radius 3 is 2.43 bits per heavy atom. The monoisotopic (exact) mass is 665 g/mol. The molecule has 11 heteroatoms. The first-order chi connectivity index (χ1) is 21.9.